The summed E-state index contributed by atoms with van der Waals surface area (Å²) in [7, 11) is 0. The van der Waals surface area contributed by atoms with Crippen LogP contribution >= 0.6 is 0 Å². The molecular weight excluding hydrogens is 418 g/mol. The Morgan fingerprint density at radius 1 is 0.941 bits per heavy atom. The Hall–Kier alpha value is -4.62. The van der Waals surface area contributed by atoms with E-state index in [1.165, 1.54) is 16.3 Å². The first kappa shape index (κ1) is 21.2. The lowest BCUT2D eigenvalue weighted by Crippen LogP contribution is -2.13. The topological polar surface area (TPSA) is 57.8 Å². The smallest absolute Gasteiger partial charge is 0.266 e. The molecule has 1 N–H and O–H groups in total. The quantitative estimate of drug-likeness (QED) is 0.244. The van der Waals surface area contributed by atoms with Crippen LogP contribution in [0, 0.1) is 18.3 Å². The predicted molar refractivity (Wildman–Crippen MR) is 138 cm³/mol. The number of aryl methyl sites for hydroxylation is 1. The molecule has 0 aliphatic heterocycles. The number of rotatable bonds is 5. The minimum Gasteiger partial charge on any atom is -0.342 e. The molecule has 0 radical (unpaired) electrons. The average molecular weight is 442 g/mol. The summed E-state index contributed by atoms with van der Waals surface area (Å²) in [4.78, 5) is 12.8. The first-order valence-electron chi connectivity index (χ1n) is 11.2. The van der Waals surface area contributed by atoms with Crippen LogP contribution in [0.2, 0.25) is 0 Å². The van der Waals surface area contributed by atoms with Crippen LogP contribution in [0.15, 0.2) is 103 Å². The Balaban J connectivity index is 1.48. The molecule has 0 atom stereocenters. The van der Waals surface area contributed by atoms with E-state index >= 15 is 0 Å². The number of fused-ring (bicyclic) bond motifs is 2. The summed E-state index contributed by atoms with van der Waals surface area (Å²) < 4.78 is 2.16. The lowest BCUT2D eigenvalue weighted by Gasteiger charge is -2.07. The van der Waals surface area contributed by atoms with Crippen LogP contribution in [-0.2, 0) is 11.3 Å². The summed E-state index contributed by atoms with van der Waals surface area (Å²) in [5, 5.41) is 15.9. The number of benzene rings is 4. The van der Waals surface area contributed by atoms with Crippen molar-refractivity contribution in [2.45, 2.75) is 13.5 Å². The van der Waals surface area contributed by atoms with Crippen molar-refractivity contribution in [2.75, 3.05) is 5.32 Å². The number of nitrogens with one attached hydrogen (secondary N) is 1. The maximum Gasteiger partial charge on any atom is 0.266 e. The van der Waals surface area contributed by atoms with E-state index in [4.69, 9.17) is 0 Å². The second kappa shape index (κ2) is 9.09. The molecule has 4 aromatic carbocycles. The summed E-state index contributed by atoms with van der Waals surface area (Å²) in [6.45, 7) is 2.68. The molecular formula is C30H23N3O. The van der Waals surface area contributed by atoms with Crippen molar-refractivity contribution in [2.24, 2.45) is 0 Å². The summed E-state index contributed by atoms with van der Waals surface area (Å²) in [5.74, 6) is -0.419. The number of hydrogen-bond acceptors (Lipinski definition) is 2. The summed E-state index contributed by atoms with van der Waals surface area (Å²) in [6.07, 6.45) is 3.68. The van der Waals surface area contributed by atoms with Gasteiger partial charge >= 0.3 is 0 Å². The lowest BCUT2D eigenvalue weighted by atomic mass is 10.1. The number of amides is 1. The Labute approximate surface area is 198 Å². The van der Waals surface area contributed by atoms with Crippen LogP contribution in [-0.4, -0.2) is 10.5 Å². The van der Waals surface area contributed by atoms with Crippen LogP contribution in [0.1, 0.15) is 16.7 Å². The first-order chi connectivity index (χ1) is 16.6. The Morgan fingerprint density at radius 3 is 2.47 bits per heavy atom. The van der Waals surface area contributed by atoms with Gasteiger partial charge in [0.1, 0.15) is 11.6 Å². The molecule has 4 heteroatoms. The summed E-state index contributed by atoms with van der Waals surface area (Å²) >= 11 is 0. The highest BCUT2D eigenvalue weighted by Crippen LogP contribution is 2.26. The second-order valence-electron chi connectivity index (χ2n) is 8.40. The van der Waals surface area contributed by atoms with Crippen molar-refractivity contribution in [3.63, 3.8) is 0 Å². The number of nitrogens with zero attached hydrogens (tertiary/aromatic N) is 2. The molecule has 164 valence electrons. The molecule has 0 spiro atoms. The highest BCUT2D eigenvalue weighted by Gasteiger charge is 2.13. The molecule has 0 bridgehead atoms. The summed E-state index contributed by atoms with van der Waals surface area (Å²) in [6, 6.07) is 32.4. The lowest BCUT2D eigenvalue weighted by molar-refractivity contribution is -0.112. The molecule has 5 rings (SSSR count). The average Bonchev–Trinajstić information content (AvgIpc) is 3.21. The molecule has 0 aliphatic carbocycles. The zero-order chi connectivity index (χ0) is 23.5. The molecule has 0 aliphatic rings. The van der Waals surface area contributed by atoms with Gasteiger partial charge in [0.15, 0.2) is 0 Å². The Kier molecular flexibility index (Phi) is 5.68. The van der Waals surface area contributed by atoms with Crippen LogP contribution < -0.4 is 5.32 Å². The maximum atomic E-state index is 12.8. The van der Waals surface area contributed by atoms with E-state index in [1.54, 1.807) is 6.08 Å². The number of anilines is 1. The third kappa shape index (κ3) is 4.32. The van der Waals surface area contributed by atoms with Crippen LogP contribution in [0.5, 0.6) is 0 Å². The maximum absolute atomic E-state index is 12.8. The van der Waals surface area contributed by atoms with Gasteiger partial charge < -0.3 is 9.88 Å². The Morgan fingerprint density at radius 2 is 1.68 bits per heavy atom. The van der Waals surface area contributed by atoms with Crippen molar-refractivity contribution >= 4 is 39.3 Å². The number of carbonyl (C=O) groups excluding carboxylic acids is 1. The molecule has 5 aromatic rings. The third-order valence-electron chi connectivity index (χ3n) is 5.96. The second-order valence-corrected chi connectivity index (χ2v) is 8.40. The fraction of sp³-hybridized carbons (Fsp3) is 0.0667. The zero-order valence-corrected chi connectivity index (χ0v) is 18.8. The van der Waals surface area contributed by atoms with E-state index < -0.39 is 5.91 Å². The van der Waals surface area contributed by atoms with Gasteiger partial charge in [-0.25, -0.2) is 0 Å². The van der Waals surface area contributed by atoms with Gasteiger partial charge in [-0.2, -0.15) is 5.26 Å². The third-order valence-corrected chi connectivity index (χ3v) is 5.96. The zero-order valence-electron chi connectivity index (χ0n) is 18.8. The van der Waals surface area contributed by atoms with Crippen molar-refractivity contribution < 1.29 is 4.79 Å². The highest BCUT2D eigenvalue weighted by molar-refractivity contribution is 6.10. The molecule has 0 saturated heterocycles. The minimum absolute atomic E-state index is 0.0641. The van der Waals surface area contributed by atoms with Crippen LogP contribution in [0.4, 0.5) is 5.69 Å². The Bertz CT molecular complexity index is 1580. The fourth-order valence-corrected chi connectivity index (χ4v) is 4.19. The van der Waals surface area contributed by atoms with E-state index in [9.17, 15) is 10.1 Å². The minimum atomic E-state index is -0.419. The van der Waals surface area contributed by atoms with Gasteiger partial charge in [-0.15, -0.1) is 0 Å². The number of para-hydroxylation sites is 1. The summed E-state index contributed by atoms with van der Waals surface area (Å²) in [5.41, 5.74) is 4.91. The molecule has 0 fully saturated rings. The van der Waals surface area contributed by atoms with Gasteiger partial charge in [-0.3, -0.25) is 4.79 Å². The van der Waals surface area contributed by atoms with Gasteiger partial charge in [0.2, 0.25) is 0 Å². The highest BCUT2D eigenvalue weighted by atomic mass is 16.1. The molecule has 34 heavy (non-hydrogen) atoms. The van der Waals surface area contributed by atoms with Gasteiger partial charge in [-0.05, 0) is 53.6 Å². The van der Waals surface area contributed by atoms with E-state index in [0.29, 0.717) is 12.2 Å². The molecule has 1 heterocycles. The number of carbonyl (C=O) groups is 1. The monoisotopic (exact) mass is 441 g/mol. The number of nitriles is 1. The first-order valence-corrected chi connectivity index (χ1v) is 11.2. The SMILES string of the molecule is Cc1ccc(NC(=O)/C(C#N)=C/c2cn(Cc3ccc4ccccc4c3)c3ccccc23)cc1. The molecule has 1 amide bonds. The van der Waals surface area contributed by atoms with Crippen molar-refractivity contribution in [3.8, 4) is 6.07 Å². The van der Waals surface area contributed by atoms with Crippen molar-refractivity contribution in [1.29, 1.82) is 5.26 Å². The van der Waals surface area contributed by atoms with Crippen LogP contribution in [0.3, 0.4) is 0 Å². The molecule has 4 nitrogen and oxygen atoms in total. The van der Waals surface area contributed by atoms with Gasteiger partial charge in [0.05, 0.1) is 0 Å². The predicted octanol–water partition coefficient (Wildman–Crippen LogP) is 6.70. The van der Waals surface area contributed by atoms with E-state index in [1.807, 2.05) is 67.7 Å². The van der Waals surface area contributed by atoms with Gasteiger partial charge in [0.25, 0.3) is 5.91 Å². The fourth-order valence-electron chi connectivity index (χ4n) is 4.19. The largest absolute Gasteiger partial charge is 0.342 e. The number of hydrogen-bond donors (Lipinski definition) is 1. The van der Waals surface area contributed by atoms with Crippen molar-refractivity contribution in [3.05, 3.63) is 119 Å². The molecule has 0 saturated carbocycles. The standard InChI is InChI=1S/C30H23N3O/c1-21-10-14-27(15-11-21)32-30(34)25(18-31)17-26-20-33(29-9-5-4-8-28(26)29)19-22-12-13-23-6-2-3-7-24(23)16-22/h2-17,20H,19H2,1H3,(H,32,34)/b25-17+. The van der Waals surface area contributed by atoms with E-state index in [-0.39, 0.29) is 5.57 Å². The number of aromatic nitrogens is 1. The normalized spacial score (nSPS) is 11.5. The van der Waals surface area contributed by atoms with E-state index in [2.05, 4.69) is 52.4 Å². The van der Waals surface area contributed by atoms with Crippen molar-refractivity contribution in [1.82, 2.24) is 4.57 Å². The van der Waals surface area contributed by atoms with Gasteiger partial charge in [-0.1, -0.05) is 72.3 Å². The molecule has 1 aromatic heterocycles. The van der Waals surface area contributed by atoms with Crippen LogP contribution in [0.25, 0.3) is 27.8 Å². The van der Waals surface area contributed by atoms with E-state index in [0.717, 1.165) is 22.0 Å². The van der Waals surface area contributed by atoms with Gasteiger partial charge in [0, 0.05) is 34.9 Å². The molecule has 0 unspecified atom stereocenters.